The number of aryl methyl sites for hydroxylation is 2. The Hall–Kier alpha value is -2.86. The molecule has 0 radical (unpaired) electrons. The summed E-state index contributed by atoms with van der Waals surface area (Å²) in [7, 11) is 0. The number of aromatic hydroxyl groups is 1. The van der Waals surface area contributed by atoms with Crippen LogP contribution < -0.4 is 0 Å². The van der Waals surface area contributed by atoms with Gasteiger partial charge in [-0.3, -0.25) is 0 Å². The number of aromatic carboxylic acids is 1. The van der Waals surface area contributed by atoms with E-state index in [1.807, 2.05) is 37.3 Å². The number of fused-ring (bicyclic) bond motifs is 1. The van der Waals surface area contributed by atoms with Gasteiger partial charge < -0.3 is 19.7 Å². The molecule has 2 aromatic heterocycles. The Morgan fingerprint density at radius 2 is 1.92 bits per heavy atom. The van der Waals surface area contributed by atoms with Crippen LogP contribution in [0, 0.1) is 13.8 Å². The summed E-state index contributed by atoms with van der Waals surface area (Å²) >= 11 is 0. The monoisotopic (exact) mass is 340 g/mol. The number of aromatic nitrogens is 2. The third-order valence-electron chi connectivity index (χ3n) is 4.55. The summed E-state index contributed by atoms with van der Waals surface area (Å²) in [5.74, 6) is -1.26. The van der Waals surface area contributed by atoms with Crippen molar-refractivity contribution < 1.29 is 20.1 Å². The highest BCUT2D eigenvalue weighted by Gasteiger charge is 2.21. The fraction of sp³-hybridized carbons (Fsp3) is 0.263. The third kappa shape index (κ3) is 3.08. The van der Waals surface area contributed by atoms with Crippen molar-refractivity contribution in [1.29, 1.82) is 0 Å². The number of carboxylic acid groups (broad SMARTS) is 1. The molecule has 3 rings (SSSR count). The Balaban J connectivity index is 1.98. The van der Waals surface area contributed by atoms with Crippen molar-refractivity contribution in [3.8, 4) is 5.75 Å². The van der Waals surface area contributed by atoms with Crippen LogP contribution in [-0.2, 0) is 6.42 Å². The maximum Gasteiger partial charge on any atom is 0.337 e. The number of aliphatic hydroxyl groups excluding tert-OH is 1. The predicted molar refractivity (Wildman–Crippen MR) is 93.0 cm³/mol. The van der Waals surface area contributed by atoms with Crippen LogP contribution >= 0.6 is 0 Å². The van der Waals surface area contributed by atoms with E-state index >= 15 is 0 Å². The SMILES string of the molecule is Cc1nc2c(O)c(CCC(O)c3ccccc3)c(C(=O)O)cn2c1C. The van der Waals surface area contributed by atoms with E-state index in [-0.39, 0.29) is 17.7 Å². The van der Waals surface area contributed by atoms with E-state index in [0.29, 0.717) is 17.6 Å². The Bertz CT molecular complexity index is 932. The lowest BCUT2D eigenvalue weighted by molar-refractivity contribution is 0.0693. The normalized spacial score (nSPS) is 12.4. The molecule has 0 aliphatic carbocycles. The Morgan fingerprint density at radius 1 is 1.24 bits per heavy atom. The zero-order chi connectivity index (χ0) is 18.1. The van der Waals surface area contributed by atoms with Crippen molar-refractivity contribution >= 4 is 11.6 Å². The van der Waals surface area contributed by atoms with Gasteiger partial charge in [-0.15, -0.1) is 0 Å². The molecule has 3 aromatic rings. The van der Waals surface area contributed by atoms with Gasteiger partial charge in [0.2, 0.25) is 0 Å². The molecule has 25 heavy (non-hydrogen) atoms. The maximum atomic E-state index is 11.6. The van der Waals surface area contributed by atoms with Crippen LogP contribution in [0.2, 0.25) is 0 Å². The van der Waals surface area contributed by atoms with Crippen molar-refractivity contribution in [2.75, 3.05) is 0 Å². The lowest BCUT2D eigenvalue weighted by Crippen LogP contribution is -2.08. The number of rotatable bonds is 5. The first-order valence-electron chi connectivity index (χ1n) is 8.06. The molecule has 0 aliphatic heterocycles. The highest BCUT2D eigenvalue weighted by molar-refractivity contribution is 5.91. The zero-order valence-electron chi connectivity index (χ0n) is 14.1. The molecule has 1 unspecified atom stereocenters. The van der Waals surface area contributed by atoms with Crippen molar-refractivity contribution in [3.05, 3.63) is 64.6 Å². The number of hydrogen-bond donors (Lipinski definition) is 3. The molecule has 1 aromatic carbocycles. The quantitative estimate of drug-likeness (QED) is 0.663. The summed E-state index contributed by atoms with van der Waals surface area (Å²) in [5, 5.41) is 30.4. The van der Waals surface area contributed by atoms with Crippen LogP contribution in [0.4, 0.5) is 0 Å². The van der Waals surface area contributed by atoms with Gasteiger partial charge in [0.25, 0.3) is 0 Å². The second-order valence-corrected chi connectivity index (χ2v) is 6.12. The molecule has 0 saturated carbocycles. The van der Waals surface area contributed by atoms with E-state index < -0.39 is 12.1 Å². The molecule has 2 heterocycles. The van der Waals surface area contributed by atoms with E-state index in [2.05, 4.69) is 4.98 Å². The molecule has 1 atom stereocenters. The van der Waals surface area contributed by atoms with E-state index in [1.165, 1.54) is 6.20 Å². The molecular weight excluding hydrogens is 320 g/mol. The van der Waals surface area contributed by atoms with E-state index in [9.17, 15) is 20.1 Å². The van der Waals surface area contributed by atoms with E-state index in [0.717, 1.165) is 17.0 Å². The molecule has 0 fully saturated rings. The van der Waals surface area contributed by atoms with Gasteiger partial charge in [-0.25, -0.2) is 9.78 Å². The van der Waals surface area contributed by atoms with Crippen molar-refractivity contribution in [2.45, 2.75) is 32.8 Å². The second kappa shape index (κ2) is 6.57. The largest absolute Gasteiger partial charge is 0.504 e. The number of imidazole rings is 1. The number of carboxylic acids is 1. The number of carbonyl (C=O) groups is 1. The number of hydrogen-bond acceptors (Lipinski definition) is 4. The lowest BCUT2D eigenvalue weighted by atomic mass is 9.98. The minimum Gasteiger partial charge on any atom is -0.504 e. The molecule has 6 nitrogen and oxygen atoms in total. The van der Waals surface area contributed by atoms with Crippen molar-refractivity contribution in [3.63, 3.8) is 0 Å². The van der Waals surface area contributed by atoms with E-state index in [4.69, 9.17) is 0 Å². The number of pyridine rings is 1. The molecule has 0 saturated heterocycles. The van der Waals surface area contributed by atoms with Gasteiger partial charge in [-0.05, 0) is 32.3 Å². The Morgan fingerprint density at radius 3 is 2.56 bits per heavy atom. The van der Waals surface area contributed by atoms with Crippen molar-refractivity contribution in [2.24, 2.45) is 0 Å². The first kappa shape index (κ1) is 17.0. The summed E-state index contributed by atoms with van der Waals surface area (Å²) in [6.45, 7) is 3.63. The minimum atomic E-state index is -1.12. The summed E-state index contributed by atoms with van der Waals surface area (Å²) in [6, 6.07) is 9.16. The smallest absolute Gasteiger partial charge is 0.337 e. The molecule has 0 amide bonds. The average molecular weight is 340 g/mol. The molecular formula is C19H20N2O4. The van der Waals surface area contributed by atoms with Gasteiger partial charge in [-0.1, -0.05) is 30.3 Å². The standard InChI is InChI=1S/C19H20N2O4/c1-11-12(2)21-10-15(19(24)25)14(17(23)18(21)20-11)8-9-16(22)13-6-4-3-5-7-13/h3-7,10,16,22-23H,8-9H2,1-2H3,(H,24,25). The molecule has 6 heteroatoms. The number of aliphatic hydroxyl groups is 1. The molecule has 3 N–H and O–H groups in total. The summed E-state index contributed by atoms with van der Waals surface area (Å²) < 4.78 is 1.59. The molecule has 0 aliphatic rings. The molecule has 0 bridgehead atoms. The van der Waals surface area contributed by atoms with Gasteiger partial charge in [-0.2, -0.15) is 0 Å². The summed E-state index contributed by atoms with van der Waals surface area (Å²) in [5.41, 5.74) is 2.92. The van der Waals surface area contributed by atoms with Gasteiger partial charge in [0.15, 0.2) is 11.4 Å². The topological polar surface area (TPSA) is 95.1 Å². The predicted octanol–water partition coefficient (Wildman–Crippen LogP) is 3.02. The van der Waals surface area contributed by atoms with Crippen LogP contribution in [0.1, 0.15) is 45.4 Å². The van der Waals surface area contributed by atoms with Crippen molar-refractivity contribution in [1.82, 2.24) is 9.38 Å². The van der Waals surface area contributed by atoms with Crippen LogP contribution in [0.5, 0.6) is 5.75 Å². The number of nitrogens with zero attached hydrogens (tertiary/aromatic N) is 2. The highest BCUT2D eigenvalue weighted by atomic mass is 16.4. The van der Waals surface area contributed by atoms with Crippen LogP contribution in [0.3, 0.4) is 0 Å². The number of benzene rings is 1. The Labute approximate surface area is 145 Å². The fourth-order valence-corrected chi connectivity index (χ4v) is 2.98. The van der Waals surface area contributed by atoms with Crippen LogP contribution in [-0.4, -0.2) is 30.7 Å². The van der Waals surface area contributed by atoms with Gasteiger partial charge in [0.05, 0.1) is 17.4 Å². The van der Waals surface area contributed by atoms with Gasteiger partial charge >= 0.3 is 5.97 Å². The van der Waals surface area contributed by atoms with Crippen LogP contribution in [0.25, 0.3) is 5.65 Å². The van der Waals surface area contributed by atoms with Gasteiger partial charge in [0, 0.05) is 17.5 Å². The third-order valence-corrected chi connectivity index (χ3v) is 4.55. The lowest BCUT2D eigenvalue weighted by Gasteiger charge is -2.14. The van der Waals surface area contributed by atoms with Gasteiger partial charge in [0.1, 0.15) is 0 Å². The zero-order valence-corrected chi connectivity index (χ0v) is 14.1. The first-order valence-corrected chi connectivity index (χ1v) is 8.06. The fourth-order valence-electron chi connectivity index (χ4n) is 2.98. The second-order valence-electron chi connectivity index (χ2n) is 6.12. The summed E-state index contributed by atoms with van der Waals surface area (Å²) in [4.78, 5) is 16.0. The summed E-state index contributed by atoms with van der Waals surface area (Å²) in [6.07, 6.45) is 1.27. The highest BCUT2D eigenvalue weighted by Crippen LogP contribution is 2.31. The first-order chi connectivity index (χ1) is 11.9. The molecule has 130 valence electrons. The van der Waals surface area contributed by atoms with E-state index in [1.54, 1.807) is 11.3 Å². The average Bonchev–Trinajstić information content (AvgIpc) is 2.89. The molecule has 0 spiro atoms. The minimum absolute atomic E-state index is 0.0192. The maximum absolute atomic E-state index is 11.6. The Kier molecular flexibility index (Phi) is 4.46. The van der Waals surface area contributed by atoms with Crippen LogP contribution in [0.15, 0.2) is 36.5 Å².